The molecule has 0 N–H and O–H groups in total. The molecule has 0 saturated heterocycles. The number of carbonyl (C=O) groups is 3. The molecule has 0 heterocycles. The van der Waals surface area contributed by atoms with Gasteiger partial charge in [0.2, 0.25) is 8.32 Å². The zero-order chi connectivity index (χ0) is 14.2. The molecule has 0 unspecified atom stereocenters. The molecule has 18 heavy (non-hydrogen) atoms. The minimum absolute atomic E-state index is 0.00206. The van der Waals surface area contributed by atoms with Gasteiger partial charge in [-0.1, -0.05) is 0 Å². The summed E-state index contributed by atoms with van der Waals surface area (Å²) in [5.74, 6) is -1.75. The van der Waals surface area contributed by atoms with E-state index in [9.17, 15) is 14.4 Å². The molecule has 0 radical (unpaired) electrons. The van der Waals surface area contributed by atoms with E-state index < -0.39 is 20.3 Å². The van der Waals surface area contributed by atoms with Crippen LogP contribution in [0.2, 0.25) is 19.6 Å². The topological polar surface area (TPSA) is 78.9 Å². The summed E-state index contributed by atoms with van der Waals surface area (Å²) in [7, 11) is -0.699. The monoisotopic (exact) mass is 274 g/mol. The van der Waals surface area contributed by atoms with Crippen LogP contribution in [-0.4, -0.2) is 39.9 Å². The average Bonchev–Trinajstić information content (AvgIpc) is 2.23. The van der Waals surface area contributed by atoms with Crippen molar-refractivity contribution in [1.82, 2.24) is 0 Å². The third-order valence-electron chi connectivity index (χ3n) is 1.53. The zero-order valence-corrected chi connectivity index (χ0v) is 12.0. The minimum Gasteiger partial charge on any atom is -0.520 e. The van der Waals surface area contributed by atoms with Crippen LogP contribution in [0.5, 0.6) is 0 Å². The van der Waals surface area contributed by atoms with E-state index in [2.05, 4.69) is 4.74 Å². The summed E-state index contributed by atoms with van der Waals surface area (Å²) in [5.41, 5.74) is 0. The van der Waals surface area contributed by atoms with Crippen LogP contribution in [0.25, 0.3) is 0 Å². The van der Waals surface area contributed by atoms with Gasteiger partial charge in [0, 0.05) is 12.2 Å². The van der Waals surface area contributed by atoms with Crippen LogP contribution < -0.4 is 0 Å². The molecule has 0 amide bonds. The van der Waals surface area contributed by atoms with Crippen molar-refractivity contribution in [1.29, 1.82) is 0 Å². The molecule has 0 aliphatic rings. The quantitative estimate of drug-likeness (QED) is 0.409. The highest BCUT2D eigenvalue weighted by molar-refractivity contribution is 6.71. The first-order chi connectivity index (χ1) is 8.24. The van der Waals surface area contributed by atoms with Gasteiger partial charge in [-0.2, -0.15) is 0 Å². The van der Waals surface area contributed by atoms with Gasteiger partial charge in [0.15, 0.2) is 0 Å². The van der Waals surface area contributed by atoms with Gasteiger partial charge >= 0.3 is 11.9 Å². The van der Waals surface area contributed by atoms with E-state index >= 15 is 0 Å². The molecular weight excluding hydrogens is 256 g/mol. The number of esters is 2. The Labute approximate surface area is 107 Å². The number of rotatable bonds is 6. The Morgan fingerprint density at radius 3 is 2.11 bits per heavy atom. The van der Waals surface area contributed by atoms with Crippen LogP contribution in [0, 0.1) is 0 Å². The van der Waals surface area contributed by atoms with Crippen LogP contribution in [-0.2, 0) is 28.3 Å². The van der Waals surface area contributed by atoms with E-state index in [-0.39, 0.29) is 19.0 Å². The van der Waals surface area contributed by atoms with Crippen molar-refractivity contribution in [2.45, 2.75) is 26.1 Å². The number of hydrogen-bond donors (Lipinski definition) is 0. The van der Waals surface area contributed by atoms with Crippen molar-refractivity contribution in [2.24, 2.45) is 0 Å². The van der Waals surface area contributed by atoms with E-state index in [1.54, 1.807) is 0 Å². The largest absolute Gasteiger partial charge is 0.520 e. The molecule has 0 atom stereocenters. The SMILES string of the molecule is COC(=O)/C=C/C(=O)OCCC(=O)O[Si](C)(C)C. The first-order valence-electron chi connectivity index (χ1n) is 5.39. The van der Waals surface area contributed by atoms with Crippen molar-refractivity contribution < 1.29 is 28.3 Å². The molecule has 102 valence electrons. The van der Waals surface area contributed by atoms with Gasteiger partial charge in [-0.15, -0.1) is 0 Å². The van der Waals surface area contributed by atoms with Crippen molar-refractivity contribution in [3.05, 3.63) is 12.2 Å². The molecule has 0 aromatic rings. The Hall–Kier alpha value is -1.63. The zero-order valence-electron chi connectivity index (χ0n) is 11.0. The van der Waals surface area contributed by atoms with Crippen molar-refractivity contribution >= 4 is 26.2 Å². The molecule has 0 saturated carbocycles. The summed E-state index contributed by atoms with van der Waals surface area (Å²) < 4.78 is 14.1. The fourth-order valence-electron chi connectivity index (χ4n) is 0.880. The lowest BCUT2D eigenvalue weighted by Gasteiger charge is -2.16. The Bertz CT molecular complexity index is 342. The fourth-order valence-corrected chi connectivity index (χ4v) is 1.66. The van der Waals surface area contributed by atoms with Gasteiger partial charge in [0.25, 0.3) is 5.97 Å². The molecule has 0 aliphatic carbocycles. The van der Waals surface area contributed by atoms with Gasteiger partial charge in [-0.3, -0.25) is 4.79 Å². The Balaban J connectivity index is 3.85. The standard InChI is InChI=1S/C11H18O6Si/c1-15-9(12)5-6-10(13)16-8-7-11(14)17-18(2,3)4/h5-6H,7-8H2,1-4H3/b6-5+. The molecule has 0 spiro atoms. The van der Waals surface area contributed by atoms with E-state index in [1.165, 1.54) is 7.11 Å². The third kappa shape index (κ3) is 9.58. The molecule has 0 aromatic heterocycles. The smallest absolute Gasteiger partial charge is 0.331 e. The number of hydrogen-bond acceptors (Lipinski definition) is 6. The molecular formula is C11H18O6Si. The predicted molar refractivity (Wildman–Crippen MR) is 66.2 cm³/mol. The summed E-state index contributed by atoms with van der Waals surface area (Å²) in [5, 5.41) is 0. The first kappa shape index (κ1) is 16.4. The molecule has 0 fully saturated rings. The molecule has 0 bridgehead atoms. The van der Waals surface area contributed by atoms with Gasteiger partial charge in [-0.25, -0.2) is 9.59 Å². The maximum absolute atomic E-state index is 11.3. The Kier molecular flexibility index (Phi) is 6.95. The first-order valence-corrected chi connectivity index (χ1v) is 8.80. The molecule has 0 rings (SSSR count). The van der Waals surface area contributed by atoms with Crippen molar-refractivity contribution in [3.8, 4) is 0 Å². The van der Waals surface area contributed by atoms with Gasteiger partial charge < -0.3 is 13.9 Å². The lowest BCUT2D eigenvalue weighted by molar-refractivity contribution is -0.142. The minimum atomic E-state index is -1.90. The maximum atomic E-state index is 11.3. The van der Waals surface area contributed by atoms with Crippen LogP contribution >= 0.6 is 0 Å². The highest BCUT2D eigenvalue weighted by atomic mass is 28.4. The number of methoxy groups -OCH3 is 1. The third-order valence-corrected chi connectivity index (χ3v) is 2.37. The predicted octanol–water partition coefficient (Wildman–Crippen LogP) is 1.03. The highest BCUT2D eigenvalue weighted by Gasteiger charge is 2.19. The van der Waals surface area contributed by atoms with E-state index in [0.717, 1.165) is 12.2 Å². The summed E-state index contributed by atoms with van der Waals surface area (Å²) in [6, 6.07) is 0. The Morgan fingerprint density at radius 1 is 1.06 bits per heavy atom. The van der Waals surface area contributed by atoms with E-state index in [1.807, 2.05) is 19.6 Å². The molecule has 0 aliphatic heterocycles. The van der Waals surface area contributed by atoms with Crippen molar-refractivity contribution in [2.75, 3.05) is 13.7 Å². The summed E-state index contributed by atoms with van der Waals surface area (Å²) in [6.07, 6.45) is 1.89. The van der Waals surface area contributed by atoms with E-state index in [0.29, 0.717) is 0 Å². The molecule has 0 aromatic carbocycles. The number of carbonyl (C=O) groups excluding carboxylic acids is 3. The molecule has 7 heteroatoms. The second-order valence-corrected chi connectivity index (χ2v) is 8.79. The van der Waals surface area contributed by atoms with Crippen LogP contribution in [0.4, 0.5) is 0 Å². The lowest BCUT2D eigenvalue weighted by Crippen LogP contribution is -2.29. The van der Waals surface area contributed by atoms with Crippen LogP contribution in [0.3, 0.4) is 0 Å². The average molecular weight is 274 g/mol. The summed E-state index contributed by atoms with van der Waals surface area (Å²) in [6.45, 7) is 5.58. The Morgan fingerprint density at radius 2 is 1.61 bits per heavy atom. The normalized spacial score (nSPS) is 11.1. The van der Waals surface area contributed by atoms with Crippen LogP contribution in [0.15, 0.2) is 12.2 Å². The van der Waals surface area contributed by atoms with E-state index in [4.69, 9.17) is 9.16 Å². The van der Waals surface area contributed by atoms with Gasteiger partial charge in [-0.05, 0) is 19.6 Å². The molecule has 6 nitrogen and oxygen atoms in total. The second kappa shape index (κ2) is 7.65. The maximum Gasteiger partial charge on any atom is 0.331 e. The second-order valence-electron chi connectivity index (χ2n) is 4.36. The lowest BCUT2D eigenvalue weighted by atomic mass is 10.4. The van der Waals surface area contributed by atoms with Gasteiger partial charge in [0.05, 0.1) is 13.5 Å². The summed E-state index contributed by atoms with van der Waals surface area (Å²) >= 11 is 0. The summed E-state index contributed by atoms with van der Waals surface area (Å²) in [4.78, 5) is 33.0. The number of ether oxygens (including phenoxy) is 2. The van der Waals surface area contributed by atoms with Crippen LogP contribution in [0.1, 0.15) is 6.42 Å². The van der Waals surface area contributed by atoms with Crippen molar-refractivity contribution in [3.63, 3.8) is 0 Å². The fraction of sp³-hybridized carbons (Fsp3) is 0.545. The van der Waals surface area contributed by atoms with Gasteiger partial charge in [0.1, 0.15) is 6.61 Å². The highest BCUT2D eigenvalue weighted by Crippen LogP contribution is 2.04.